The van der Waals surface area contributed by atoms with Crippen molar-refractivity contribution in [2.75, 3.05) is 13.2 Å². The highest BCUT2D eigenvalue weighted by atomic mass is 19.1. The van der Waals surface area contributed by atoms with E-state index in [1.807, 2.05) is 0 Å². The molecular formula is C18H17BF2O6. The van der Waals surface area contributed by atoms with Gasteiger partial charge < -0.3 is 18.8 Å². The number of rotatable bonds is 8. The molecule has 2 aromatic carbocycles. The number of ether oxygens (including phenoxy) is 2. The molecule has 142 valence electrons. The lowest BCUT2D eigenvalue weighted by Gasteiger charge is -2.10. The summed E-state index contributed by atoms with van der Waals surface area (Å²) >= 11 is 0. The number of hydrogen-bond acceptors (Lipinski definition) is 6. The Hall–Kier alpha value is -3.10. The first-order chi connectivity index (χ1) is 13.0. The quantitative estimate of drug-likeness (QED) is 0.520. The lowest BCUT2D eigenvalue weighted by Crippen LogP contribution is -2.13. The molecule has 0 saturated heterocycles. The van der Waals surface area contributed by atoms with Gasteiger partial charge in [0.2, 0.25) is 0 Å². The normalized spacial score (nSPS) is 10.1. The standard InChI is InChI=1S/C18H17BF2O6/c1-3-24-17(22)13-7-5-11(9-15(13)20)26-19-27-12-6-8-14(16(21)10-12)18(23)25-4-2/h5-10,19H,3-4H2,1-2H3. The molecule has 0 spiro atoms. The van der Waals surface area contributed by atoms with Crippen molar-refractivity contribution in [2.45, 2.75) is 13.8 Å². The van der Waals surface area contributed by atoms with Crippen molar-refractivity contribution >= 4 is 19.6 Å². The van der Waals surface area contributed by atoms with Gasteiger partial charge in [0.15, 0.2) is 0 Å². The van der Waals surface area contributed by atoms with Gasteiger partial charge in [-0.2, -0.15) is 0 Å². The van der Waals surface area contributed by atoms with Crippen LogP contribution in [0.5, 0.6) is 11.5 Å². The second-order valence-corrected chi connectivity index (χ2v) is 5.13. The molecule has 0 fully saturated rings. The van der Waals surface area contributed by atoms with Gasteiger partial charge in [-0.3, -0.25) is 0 Å². The molecule has 0 bridgehead atoms. The first-order valence-corrected chi connectivity index (χ1v) is 8.15. The van der Waals surface area contributed by atoms with Crippen LogP contribution >= 0.6 is 0 Å². The van der Waals surface area contributed by atoms with Gasteiger partial charge in [0, 0.05) is 12.1 Å². The van der Waals surface area contributed by atoms with Crippen molar-refractivity contribution in [3.05, 3.63) is 59.2 Å². The molecule has 2 aromatic rings. The number of benzene rings is 2. The highest BCUT2D eigenvalue weighted by Gasteiger charge is 2.15. The number of carbonyl (C=O) groups is 2. The molecular weight excluding hydrogens is 361 g/mol. The van der Waals surface area contributed by atoms with Gasteiger partial charge in [0.1, 0.15) is 23.1 Å². The Bertz CT molecular complexity index is 760. The Balaban J connectivity index is 1.94. The predicted molar refractivity (Wildman–Crippen MR) is 93.1 cm³/mol. The third kappa shape index (κ3) is 5.44. The molecule has 0 N–H and O–H groups in total. The highest BCUT2D eigenvalue weighted by molar-refractivity contribution is 6.20. The maximum Gasteiger partial charge on any atom is 0.576 e. The van der Waals surface area contributed by atoms with Gasteiger partial charge >= 0.3 is 19.6 Å². The fraction of sp³-hybridized carbons (Fsp3) is 0.222. The van der Waals surface area contributed by atoms with Gasteiger partial charge in [-0.25, -0.2) is 18.4 Å². The van der Waals surface area contributed by atoms with Crippen LogP contribution in [-0.4, -0.2) is 32.8 Å². The summed E-state index contributed by atoms with van der Waals surface area (Å²) in [7, 11) is -0.337. The van der Waals surface area contributed by atoms with E-state index in [1.54, 1.807) is 13.8 Å². The average molecular weight is 378 g/mol. The number of esters is 2. The Morgan fingerprint density at radius 2 is 1.22 bits per heavy atom. The Kier molecular flexibility index (Phi) is 7.16. The number of hydrogen-bond donors (Lipinski definition) is 0. The summed E-state index contributed by atoms with van der Waals surface area (Å²) in [4.78, 5) is 23.1. The Labute approximate surface area is 155 Å². The Morgan fingerprint density at radius 1 is 0.815 bits per heavy atom. The van der Waals surface area contributed by atoms with Crippen molar-refractivity contribution in [3.8, 4) is 11.5 Å². The lowest BCUT2D eigenvalue weighted by molar-refractivity contribution is 0.0511. The smallest absolute Gasteiger partial charge is 0.528 e. The van der Waals surface area contributed by atoms with E-state index < -0.39 is 23.6 Å². The first-order valence-electron chi connectivity index (χ1n) is 8.15. The molecule has 0 aliphatic carbocycles. The molecule has 0 aliphatic rings. The van der Waals surface area contributed by atoms with Crippen LogP contribution in [0.1, 0.15) is 34.6 Å². The molecule has 27 heavy (non-hydrogen) atoms. The zero-order valence-corrected chi connectivity index (χ0v) is 14.8. The van der Waals surface area contributed by atoms with Gasteiger partial charge in [0.05, 0.1) is 24.3 Å². The van der Waals surface area contributed by atoms with E-state index in [0.717, 1.165) is 12.1 Å². The minimum atomic E-state index is -0.796. The van der Waals surface area contributed by atoms with Gasteiger partial charge in [0.25, 0.3) is 0 Å². The van der Waals surface area contributed by atoms with Crippen LogP contribution in [0.4, 0.5) is 8.78 Å². The van der Waals surface area contributed by atoms with Crippen LogP contribution < -0.4 is 9.31 Å². The SMILES string of the molecule is CCOC(=O)c1ccc(OBOc2ccc(C(=O)OCC)c(F)c2)cc1F. The molecule has 2 rings (SSSR count). The van der Waals surface area contributed by atoms with E-state index >= 15 is 0 Å². The molecule has 0 amide bonds. The molecule has 0 unspecified atom stereocenters. The zero-order chi connectivity index (χ0) is 19.8. The molecule has 0 saturated carbocycles. The minimum absolute atomic E-state index is 0.115. The lowest BCUT2D eigenvalue weighted by atomic mass is 10.2. The molecule has 0 aliphatic heterocycles. The molecule has 0 aromatic heterocycles. The van der Waals surface area contributed by atoms with Crippen molar-refractivity contribution in [3.63, 3.8) is 0 Å². The molecule has 6 nitrogen and oxygen atoms in total. The molecule has 0 heterocycles. The summed E-state index contributed by atoms with van der Waals surface area (Å²) in [6.07, 6.45) is 0. The second kappa shape index (κ2) is 9.56. The largest absolute Gasteiger partial charge is 0.576 e. The average Bonchev–Trinajstić information content (AvgIpc) is 2.62. The van der Waals surface area contributed by atoms with Gasteiger partial charge in [-0.05, 0) is 38.1 Å². The Morgan fingerprint density at radius 3 is 1.56 bits per heavy atom. The molecule has 0 radical (unpaired) electrons. The minimum Gasteiger partial charge on any atom is -0.528 e. The van der Waals surface area contributed by atoms with E-state index in [9.17, 15) is 18.4 Å². The van der Waals surface area contributed by atoms with Crippen molar-refractivity contribution in [1.29, 1.82) is 0 Å². The van der Waals surface area contributed by atoms with Gasteiger partial charge in [-0.1, -0.05) is 0 Å². The summed E-state index contributed by atoms with van der Waals surface area (Å²) in [6, 6.07) is 7.25. The number of carbonyl (C=O) groups excluding carboxylic acids is 2. The highest BCUT2D eigenvalue weighted by Crippen LogP contribution is 2.19. The number of halogens is 2. The third-order valence-electron chi connectivity index (χ3n) is 3.32. The van der Waals surface area contributed by atoms with Gasteiger partial charge in [-0.15, -0.1) is 0 Å². The maximum atomic E-state index is 13.9. The summed E-state index contributed by atoms with van der Waals surface area (Å²) in [6.45, 7) is 3.51. The van der Waals surface area contributed by atoms with Crippen LogP contribution in [0, 0.1) is 11.6 Å². The van der Waals surface area contributed by atoms with E-state index in [1.165, 1.54) is 24.3 Å². The van der Waals surface area contributed by atoms with Crippen LogP contribution in [-0.2, 0) is 9.47 Å². The molecule has 9 heteroatoms. The van der Waals surface area contributed by atoms with Crippen molar-refractivity contribution < 1.29 is 37.2 Å². The van der Waals surface area contributed by atoms with E-state index in [4.69, 9.17) is 18.8 Å². The summed E-state index contributed by atoms with van der Waals surface area (Å²) in [5.41, 5.74) is -0.413. The summed E-state index contributed by atoms with van der Waals surface area (Å²) < 4.78 is 47.7. The van der Waals surface area contributed by atoms with E-state index in [0.29, 0.717) is 0 Å². The fourth-order valence-corrected chi connectivity index (χ4v) is 2.09. The van der Waals surface area contributed by atoms with Crippen LogP contribution in [0.2, 0.25) is 0 Å². The third-order valence-corrected chi connectivity index (χ3v) is 3.32. The van der Waals surface area contributed by atoms with Crippen LogP contribution in [0.3, 0.4) is 0 Å². The van der Waals surface area contributed by atoms with Crippen LogP contribution in [0.15, 0.2) is 36.4 Å². The van der Waals surface area contributed by atoms with Crippen molar-refractivity contribution in [2.24, 2.45) is 0 Å². The first kappa shape index (κ1) is 20.2. The second-order valence-electron chi connectivity index (χ2n) is 5.13. The summed E-state index contributed by atoms with van der Waals surface area (Å²) in [5, 5.41) is 0. The monoisotopic (exact) mass is 378 g/mol. The maximum absolute atomic E-state index is 13.9. The topological polar surface area (TPSA) is 71.1 Å². The predicted octanol–water partition coefficient (Wildman–Crippen LogP) is 3.04. The van der Waals surface area contributed by atoms with E-state index in [-0.39, 0.29) is 43.5 Å². The fourth-order valence-electron chi connectivity index (χ4n) is 2.09. The van der Waals surface area contributed by atoms with E-state index in [2.05, 4.69) is 0 Å². The van der Waals surface area contributed by atoms with Crippen LogP contribution in [0.25, 0.3) is 0 Å². The summed E-state index contributed by atoms with van der Waals surface area (Å²) in [5.74, 6) is -2.90. The molecule has 0 atom stereocenters. The zero-order valence-electron chi connectivity index (χ0n) is 14.8. The van der Waals surface area contributed by atoms with Crippen molar-refractivity contribution in [1.82, 2.24) is 0 Å².